The standard InChI is InChI=1S/C18H26ClNO/c1-2-3-6-14-9-11-15(12-10-14)18(21)20-17-8-5-4-7-16(17)13-19/h4-5,7-8,14-15H,2-3,6,9-13H2,1H3,(H,20,21). The molecule has 0 heterocycles. The number of hydrogen-bond acceptors (Lipinski definition) is 1. The van der Waals surface area contributed by atoms with Gasteiger partial charge in [-0.25, -0.2) is 0 Å². The minimum absolute atomic E-state index is 0.168. The van der Waals surface area contributed by atoms with Gasteiger partial charge in [0.15, 0.2) is 0 Å². The number of amides is 1. The first-order valence-corrected chi connectivity index (χ1v) is 8.72. The van der Waals surface area contributed by atoms with Gasteiger partial charge in [-0.3, -0.25) is 4.79 Å². The van der Waals surface area contributed by atoms with Crippen molar-refractivity contribution in [1.82, 2.24) is 0 Å². The Kier molecular flexibility index (Phi) is 6.56. The molecule has 2 nitrogen and oxygen atoms in total. The Morgan fingerprint density at radius 2 is 1.95 bits per heavy atom. The van der Waals surface area contributed by atoms with Crippen LogP contribution in [0.2, 0.25) is 0 Å². The fraction of sp³-hybridized carbons (Fsp3) is 0.611. The first-order valence-electron chi connectivity index (χ1n) is 8.19. The maximum Gasteiger partial charge on any atom is 0.227 e. The number of benzene rings is 1. The van der Waals surface area contributed by atoms with E-state index >= 15 is 0 Å². The molecule has 1 fully saturated rings. The van der Waals surface area contributed by atoms with Crippen LogP contribution < -0.4 is 5.32 Å². The average molecular weight is 308 g/mol. The summed E-state index contributed by atoms with van der Waals surface area (Å²) in [6.45, 7) is 2.24. The molecule has 0 bridgehead atoms. The van der Waals surface area contributed by atoms with Crippen LogP contribution in [-0.2, 0) is 10.7 Å². The smallest absolute Gasteiger partial charge is 0.227 e. The summed E-state index contributed by atoms with van der Waals surface area (Å²) in [5.74, 6) is 1.61. The molecule has 21 heavy (non-hydrogen) atoms. The number of halogens is 1. The van der Waals surface area contributed by atoms with Crippen LogP contribution in [0.3, 0.4) is 0 Å². The average Bonchev–Trinajstić information content (AvgIpc) is 2.54. The first kappa shape index (κ1) is 16.4. The second kappa shape index (κ2) is 8.43. The van der Waals surface area contributed by atoms with Crippen LogP contribution in [0.25, 0.3) is 0 Å². The number of hydrogen-bond donors (Lipinski definition) is 1. The molecule has 1 N–H and O–H groups in total. The molecule has 1 aliphatic rings. The van der Waals surface area contributed by atoms with E-state index in [9.17, 15) is 4.79 Å². The summed E-state index contributed by atoms with van der Waals surface area (Å²) in [5.41, 5.74) is 1.86. The van der Waals surface area contributed by atoms with Gasteiger partial charge in [0.05, 0.1) is 0 Å². The Morgan fingerprint density at radius 1 is 1.24 bits per heavy atom. The van der Waals surface area contributed by atoms with E-state index in [0.717, 1.165) is 30.0 Å². The van der Waals surface area contributed by atoms with Crippen LogP contribution in [0.15, 0.2) is 24.3 Å². The van der Waals surface area contributed by atoms with Crippen molar-refractivity contribution in [3.05, 3.63) is 29.8 Å². The van der Waals surface area contributed by atoms with E-state index in [1.807, 2.05) is 24.3 Å². The van der Waals surface area contributed by atoms with Crippen molar-refractivity contribution in [2.45, 2.75) is 57.7 Å². The lowest BCUT2D eigenvalue weighted by atomic mass is 9.79. The Morgan fingerprint density at radius 3 is 2.62 bits per heavy atom. The molecular formula is C18H26ClNO. The van der Waals surface area contributed by atoms with Gasteiger partial charge in [-0.1, -0.05) is 44.4 Å². The molecule has 1 amide bonds. The van der Waals surface area contributed by atoms with E-state index in [1.165, 1.54) is 32.1 Å². The Balaban J connectivity index is 1.85. The highest BCUT2D eigenvalue weighted by molar-refractivity contribution is 6.17. The number of carbonyl (C=O) groups is 1. The molecule has 0 radical (unpaired) electrons. The van der Waals surface area contributed by atoms with Crippen LogP contribution in [0.1, 0.15) is 57.4 Å². The SMILES string of the molecule is CCCCC1CCC(C(=O)Nc2ccccc2CCl)CC1. The predicted octanol–water partition coefficient (Wildman–Crippen LogP) is 5.36. The van der Waals surface area contributed by atoms with E-state index in [0.29, 0.717) is 5.88 Å². The highest BCUT2D eigenvalue weighted by atomic mass is 35.5. The van der Waals surface area contributed by atoms with Crippen molar-refractivity contribution in [1.29, 1.82) is 0 Å². The maximum absolute atomic E-state index is 12.4. The molecule has 0 unspecified atom stereocenters. The van der Waals surface area contributed by atoms with Crippen molar-refractivity contribution >= 4 is 23.2 Å². The topological polar surface area (TPSA) is 29.1 Å². The highest BCUT2D eigenvalue weighted by Crippen LogP contribution is 2.32. The van der Waals surface area contributed by atoms with Crippen LogP contribution in [0.4, 0.5) is 5.69 Å². The lowest BCUT2D eigenvalue weighted by Crippen LogP contribution is -2.27. The zero-order valence-corrected chi connectivity index (χ0v) is 13.7. The van der Waals surface area contributed by atoms with Crippen LogP contribution >= 0.6 is 11.6 Å². The quantitative estimate of drug-likeness (QED) is 0.704. The molecule has 1 aromatic carbocycles. The summed E-state index contributed by atoms with van der Waals surface area (Å²) in [7, 11) is 0. The lowest BCUT2D eigenvalue weighted by molar-refractivity contribution is -0.121. The number of alkyl halides is 1. The zero-order chi connectivity index (χ0) is 15.1. The van der Waals surface area contributed by atoms with Crippen molar-refractivity contribution in [2.24, 2.45) is 11.8 Å². The molecule has 116 valence electrons. The highest BCUT2D eigenvalue weighted by Gasteiger charge is 2.26. The second-order valence-electron chi connectivity index (χ2n) is 6.14. The molecule has 0 spiro atoms. The number of unbranched alkanes of at least 4 members (excludes halogenated alkanes) is 1. The third-order valence-electron chi connectivity index (χ3n) is 4.60. The number of carbonyl (C=O) groups excluding carboxylic acids is 1. The number of anilines is 1. The van der Waals surface area contributed by atoms with Gasteiger partial charge in [-0.2, -0.15) is 0 Å². The lowest BCUT2D eigenvalue weighted by Gasteiger charge is -2.28. The molecule has 0 aromatic heterocycles. The zero-order valence-electron chi connectivity index (χ0n) is 12.9. The summed E-state index contributed by atoms with van der Waals surface area (Å²) in [5, 5.41) is 3.07. The number of nitrogens with one attached hydrogen (secondary N) is 1. The summed E-state index contributed by atoms with van der Waals surface area (Å²) < 4.78 is 0. The van der Waals surface area contributed by atoms with E-state index < -0.39 is 0 Å². The van der Waals surface area contributed by atoms with Crippen molar-refractivity contribution in [2.75, 3.05) is 5.32 Å². The normalized spacial score (nSPS) is 22.0. The third-order valence-corrected chi connectivity index (χ3v) is 4.89. The first-order chi connectivity index (χ1) is 10.2. The van der Waals surface area contributed by atoms with Crippen molar-refractivity contribution < 1.29 is 4.79 Å². The van der Waals surface area contributed by atoms with Crippen molar-refractivity contribution in [3.8, 4) is 0 Å². The van der Waals surface area contributed by atoms with Crippen LogP contribution in [0.5, 0.6) is 0 Å². The van der Waals surface area contributed by atoms with Crippen molar-refractivity contribution in [3.63, 3.8) is 0 Å². The Bertz CT molecular complexity index is 452. The predicted molar refractivity (Wildman–Crippen MR) is 89.6 cm³/mol. The fourth-order valence-corrected chi connectivity index (χ4v) is 3.43. The molecule has 3 heteroatoms. The maximum atomic E-state index is 12.4. The monoisotopic (exact) mass is 307 g/mol. The van der Waals surface area contributed by atoms with Gasteiger partial charge < -0.3 is 5.32 Å². The van der Waals surface area contributed by atoms with Gasteiger partial charge in [0.1, 0.15) is 0 Å². The van der Waals surface area contributed by atoms with Crippen LogP contribution in [0, 0.1) is 11.8 Å². The third kappa shape index (κ3) is 4.74. The summed E-state index contributed by atoms with van der Waals surface area (Å²) in [6, 6.07) is 7.78. The van der Waals surface area contributed by atoms with E-state index in [-0.39, 0.29) is 11.8 Å². The summed E-state index contributed by atoms with van der Waals surface area (Å²) >= 11 is 5.92. The fourth-order valence-electron chi connectivity index (χ4n) is 3.20. The molecule has 1 aliphatic carbocycles. The van der Waals surface area contributed by atoms with E-state index in [1.54, 1.807) is 0 Å². The molecule has 0 atom stereocenters. The molecular weight excluding hydrogens is 282 g/mol. The van der Waals surface area contributed by atoms with E-state index in [4.69, 9.17) is 11.6 Å². The number of para-hydroxylation sites is 1. The Labute approximate surface area is 133 Å². The minimum Gasteiger partial charge on any atom is -0.326 e. The van der Waals surface area contributed by atoms with E-state index in [2.05, 4.69) is 12.2 Å². The number of rotatable bonds is 6. The van der Waals surface area contributed by atoms with Gasteiger partial charge in [0, 0.05) is 17.5 Å². The summed E-state index contributed by atoms with van der Waals surface area (Å²) in [4.78, 5) is 12.4. The molecule has 1 saturated carbocycles. The van der Waals surface area contributed by atoms with Gasteiger partial charge in [0.2, 0.25) is 5.91 Å². The Hall–Kier alpha value is -1.02. The van der Waals surface area contributed by atoms with Crippen LogP contribution in [-0.4, -0.2) is 5.91 Å². The molecule has 1 aromatic rings. The van der Waals surface area contributed by atoms with Gasteiger partial charge in [-0.15, -0.1) is 11.6 Å². The second-order valence-corrected chi connectivity index (χ2v) is 6.41. The van der Waals surface area contributed by atoms with Gasteiger partial charge in [0.25, 0.3) is 0 Å². The van der Waals surface area contributed by atoms with Gasteiger partial charge in [-0.05, 0) is 43.2 Å². The molecule has 0 aliphatic heterocycles. The molecule has 0 saturated heterocycles. The minimum atomic E-state index is 0.168. The summed E-state index contributed by atoms with van der Waals surface area (Å²) in [6.07, 6.45) is 8.40. The molecule has 2 rings (SSSR count). The largest absolute Gasteiger partial charge is 0.326 e. The van der Waals surface area contributed by atoms with Gasteiger partial charge >= 0.3 is 0 Å².